The molecule has 0 amide bonds. The summed E-state index contributed by atoms with van der Waals surface area (Å²) in [5, 5.41) is 10.8. The van der Waals surface area contributed by atoms with Crippen molar-refractivity contribution in [3.63, 3.8) is 0 Å². The van der Waals surface area contributed by atoms with Crippen LogP contribution >= 0.6 is 0 Å². The molecular formula is C30H31F2N3O2. The quantitative estimate of drug-likeness (QED) is 0.282. The summed E-state index contributed by atoms with van der Waals surface area (Å²) in [6, 6.07) is 12.4. The number of halogens is 2. The number of aryl methyl sites for hydroxylation is 2. The Morgan fingerprint density at radius 3 is 2.49 bits per heavy atom. The molecule has 1 atom stereocenters. The second-order valence-electron chi connectivity index (χ2n) is 9.30. The fourth-order valence-corrected chi connectivity index (χ4v) is 4.77. The van der Waals surface area contributed by atoms with Gasteiger partial charge < -0.3 is 5.11 Å². The first-order valence-corrected chi connectivity index (χ1v) is 12.6. The Labute approximate surface area is 215 Å². The van der Waals surface area contributed by atoms with Crippen molar-refractivity contribution in [1.82, 2.24) is 14.5 Å². The van der Waals surface area contributed by atoms with Crippen LogP contribution in [0.3, 0.4) is 0 Å². The first-order chi connectivity index (χ1) is 17.8. The Morgan fingerprint density at radius 2 is 1.81 bits per heavy atom. The largest absolute Gasteiger partial charge is 0.493 e. The van der Waals surface area contributed by atoms with E-state index >= 15 is 0 Å². The van der Waals surface area contributed by atoms with Crippen molar-refractivity contribution >= 4 is 0 Å². The highest BCUT2D eigenvalue weighted by Gasteiger charge is 2.23. The Hall–Kier alpha value is -3.87. The van der Waals surface area contributed by atoms with Crippen molar-refractivity contribution in [2.45, 2.75) is 58.9 Å². The fraction of sp³-hybridized carbons (Fsp3) is 0.300. The normalized spacial score (nSPS) is 12.0. The molecule has 0 unspecified atom stereocenters. The van der Waals surface area contributed by atoms with Gasteiger partial charge in [0, 0.05) is 31.3 Å². The van der Waals surface area contributed by atoms with E-state index in [4.69, 9.17) is 0 Å². The van der Waals surface area contributed by atoms with Gasteiger partial charge in [0.05, 0.1) is 11.6 Å². The van der Waals surface area contributed by atoms with Gasteiger partial charge in [-0.05, 0) is 65.8 Å². The van der Waals surface area contributed by atoms with Crippen LogP contribution in [0, 0.1) is 18.6 Å². The molecule has 0 fully saturated rings. The summed E-state index contributed by atoms with van der Waals surface area (Å²) in [5.41, 5.74) is 3.98. The van der Waals surface area contributed by atoms with E-state index in [1.165, 1.54) is 16.7 Å². The lowest BCUT2D eigenvalue weighted by Gasteiger charge is -2.23. The van der Waals surface area contributed by atoms with Crippen LogP contribution in [0.15, 0.2) is 65.7 Å². The van der Waals surface area contributed by atoms with Crippen molar-refractivity contribution in [3.05, 3.63) is 111 Å². The van der Waals surface area contributed by atoms with Gasteiger partial charge in [-0.3, -0.25) is 14.3 Å². The van der Waals surface area contributed by atoms with Crippen molar-refractivity contribution in [3.8, 4) is 17.0 Å². The molecule has 192 valence electrons. The third kappa shape index (κ3) is 5.77. The van der Waals surface area contributed by atoms with Gasteiger partial charge >= 0.3 is 0 Å². The zero-order valence-electron chi connectivity index (χ0n) is 21.3. The molecule has 7 heteroatoms. The fourth-order valence-electron chi connectivity index (χ4n) is 4.77. The molecule has 0 radical (unpaired) electrons. The number of aromatic hydroxyl groups is 1. The van der Waals surface area contributed by atoms with Gasteiger partial charge in [0.15, 0.2) is 0 Å². The number of nitrogens with zero attached hydrogens (tertiary/aromatic N) is 3. The van der Waals surface area contributed by atoms with E-state index in [0.29, 0.717) is 24.2 Å². The summed E-state index contributed by atoms with van der Waals surface area (Å²) in [4.78, 5) is 22.5. The summed E-state index contributed by atoms with van der Waals surface area (Å²) < 4.78 is 29.7. The van der Waals surface area contributed by atoms with Crippen molar-refractivity contribution in [1.29, 1.82) is 0 Å². The Bertz CT molecular complexity index is 1450. The molecule has 0 spiro atoms. The second-order valence-corrected chi connectivity index (χ2v) is 9.30. The van der Waals surface area contributed by atoms with E-state index in [-0.39, 0.29) is 17.9 Å². The van der Waals surface area contributed by atoms with Crippen LogP contribution in [-0.2, 0) is 12.8 Å². The van der Waals surface area contributed by atoms with Crippen molar-refractivity contribution < 1.29 is 13.9 Å². The third-order valence-corrected chi connectivity index (χ3v) is 6.62. The minimum atomic E-state index is -0.702. The minimum Gasteiger partial charge on any atom is -0.493 e. The summed E-state index contributed by atoms with van der Waals surface area (Å²) in [7, 11) is 0. The second kappa shape index (κ2) is 11.5. The highest BCUT2D eigenvalue weighted by Crippen LogP contribution is 2.28. The molecule has 2 aromatic heterocycles. The number of pyridine rings is 1. The van der Waals surface area contributed by atoms with E-state index in [1.54, 1.807) is 12.4 Å². The first-order valence-electron chi connectivity index (χ1n) is 12.6. The van der Waals surface area contributed by atoms with Crippen LogP contribution in [0.1, 0.15) is 67.2 Å². The van der Waals surface area contributed by atoms with E-state index in [1.807, 2.05) is 51.1 Å². The summed E-state index contributed by atoms with van der Waals surface area (Å²) >= 11 is 0. The predicted molar refractivity (Wildman–Crippen MR) is 141 cm³/mol. The lowest BCUT2D eigenvalue weighted by molar-refractivity contribution is 0.419. The molecular weight excluding hydrogens is 472 g/mol. The molecule has 37 heavy (non-hydrogen) atoms. The standard InChI is InChI=1S/C30H31F2N3O2/c1-4-6-10-28-34-29(36)26(14-20-8-7-9-21(13-20)25-11-12-33-18-19(25)3)30(37)35(28)27(5-2)22-15-23(31)17-24(32)16-22/h7-9,11-13,15-18,27,36H,4-6,10,14H2,1-3H3/t27-/m0/s1. The highest BCUT2D eigenvalue weighted by atomic mass is 19.1. The smallest absolute Gasteiger partial charge is 0.261 e. The molecule has 0 aliphatic rings. The summed E-state index contributed by atoms with van der Waals surface area (Å²) in [5.74, 6) is -1.30. The number of rotatable bonds is 9. The predicted octanol–water partition coefficient (Wildman–Crippen LogP) is 6.53. The van der Waals surface area contributed by atoms with E-state index in [2.05, 4.69) is 9.97 Å². The van der Waals surface area contributed by atoms with Gasteiger partial charge in [0.2, 0.25) is 5.88 Å². The molecule has 0 aliphatic carbocycles. The summed E-state index contributed by atoms with van der Waals surface area (Å²) in [6.45, 7) is 5.86. The van der Waals surface area contributed by atoms with Crippen LogP contribution in [-0.4, -0.2) is 19.6 Å². The molecule has 0 saturated carbocycles. The van der Waals surface area contributed by atoms with Gasteiger partial charge in [-0.25, -0.2) is 8.78 Å². The van der Waals surface area contributed by atoms with Crippen molar-refractivity contribution in [2.75, 3.05) is 0 Å². The summed E-state index contributed by atoms with van der Waals surface area (Å²) in [6.07, 6.45) is 6.20. The third-order valence-electron chi connectivity index (χ3n) is 6.62. The maximum atomic E-state index is 14.1. The van der Waals surface area contributed by atoms with Gasteiger partial charge in [-0.2, -0.15) is 4.98 Å². The zero-order valence-corrected chi connectivity index (χ0v) is 21.3. The van der Waals surface area contributed by atoms with Gasteiger partial charge in [-0.15, -0.1) is 0 Å². The number of unbranched alkanes of at least 4 members (excludes halogenated alkanes) is 1. The average molecular weight is 504 g/mol. The van der Waals surface area contributed by atoms with Gasteiger partial charge in [-0.1, -0.05) is 44.5 Å². The topological polar surface area (TPSA) is 68.0 Å². The number of hydrogen-bond acceptors (Lipinski definition) is 4. The van der Waals surface area contributed by atoms with E-state index in [9.17, 15) is 18.7 Å². The molecule has 2 aromatic carbocycles. The molecule has 5 nitrogen and oxygen atoms in total. The molecule has 2 heterocycles. The Morgan fingerprint density at radius 1 is 1.05 bits per heavy atom. The van der Waals surface area contributed by atoms with Crippen LogP contribution in [0.25, 0.3) is 11.1 Å². The zero-order chi connectivity index (χ0) is 26.5. The van der Waals surface area contributed by atoms with E-state index in [0.717, 1.165) is 41.2 Å². The first kappa shape index (κ1) is 26.2. The van der Waals surface area contributed by atoms with Crippen LogP contribution in [0.5, 0.6) is 5.88 Å². The number of benzene rings is 2. The minimum absolute atomic E-state index is 0.152. The lowest BCUT2D eigenvalue weighted by Crippen LogP contribution is -2.32. The molecule has 0 saturated heterocycles. The van der Waals surface area contributed by atoms with E-state index < -0.39 is 23.2 Å². The van der Waals surface area contributed by atoms with Gasteiger partial charge in [0.25, 0.3) is 5.56 Å². The average Bonchev–Trinajstić information content (AvgIpc) is 2.87. The lowest BCUT2D eigenvalue weighted by atomic mass is 9.98. The monoisotopic (exact) mass is 503 g/mol. The SMILES string of the molecule is CCCCc1nc(O)c(Cc2cccc(-c3ccncc3C)c2)c(=O)n1[C@@H](CC)c1cc(F)cc(F)c1. The Kier molecular flexibility index (Phi) is 8.11. The maximum Gasteiger partial charge on any atom is 0.261 e. The van der Waals surface area contributed by atoms with Crippen LogP contribution < -0.4 is 5.56 Å². The molecule has 4 rings (SSSR count). The highest BCUT2D eigenvalue weighted by molar-refractivity contribution is 5.67. The van der Waals surface area contributed by atoms with Crippen LogP contribution in [0.4, 0.5) is 8.78 Å². The molecule has 1 N–H and O–H groups in total. The molecule has 0 aliphatic heterocycles. The molecule has 4 aromatic rings. The maximum absolute atomic E-state index is 14.1. The van der Waals surface area contributed by atoms with Gasteiger partial charge in [0.1, 0.15) is 17.5 Å². The Balaban J connectivity index is 1.82. The molecule has 0 bridgehead atoms. The number of hydrogen-bond donors (Lipinski definition) is 1. The van der Waals surface area contributed by atoms with Crippen LogP contribution in [0.2, 0.25) is 0 Å². The number of aromatic nitrogens is 3. The van der Waals surface area contributed by atoms with Crippen molar-refractivity contribution in [2.24, 2.45) is 0 Å².